The lowest BCUT2D eigenvalue weighted by Crippen LogP contribution is -2.34. The molecule has 1 aliphatic carbocycles. The van der Waals surface area contributed by atoms with Crippen LogP contribution in [0.25, 0.3) is 0 Å². The number of nitrogens with one attached hydrogen (secondary N) is 1. The van der Waals surface area contributed by atoms with Gasteiger partial charge in [-0.3, -0.25) is 4.79 Å². The molecular formula is C12H14N4O2. The molecular weight excluding hydrogens is 232 g/mol. The summed E-state index contributed by atoms with van der Waals surface area (Å²) in [5.74, 6) is -0.402. The molecule has 1 amide bonds. The van der Waals surface area contributed by atoms with Crippen LogP contribution in [-0.4, -0.2) is 28.6 Å². The Balaban J connectivity index is 2.17. The van der Waals surface area contributed by atoms with Crippen LogP contribution in [-0.2, 0) is 17.6 Å². The first-order chi connectivity index (χ1) is 8.61. The molecule has 1 unspecified atom stereocenters. The van der Waals surface area contributed by atoms with Crippen LogP contribution in [0.1, 0.15) is 23.2 Å². The van der Waals surface area contributed by atoms with Crippen molar-refractivity contribution in [2.75, 3.05) is 11.9 Å². The number of carbonyl (C=O) groups excluding carboxylic acids is 1. The smallest absolute Gasteiger partial charge is 0.248 e. The normalized spacial score (nSPS) is 14.7. The molecule has 0 radical (unpaired) electrons. The number of nitriles is 1. The van der Waals surface area contributed by atoms with Crippen LogP contribution in [0.2, 0.25) is 0 Å². The summed E-state index contributed by atoms with van der Waals surface area (Å²) < 4.78 is 0. The zero-order chi connectivity index (χ0) is 13.1. The fourth-order valence-corrected chi connectivity index (χ4v) is 1.99. The monoisotopic (exact) mass is 246 g/mol. The van der Waals surface area contributed by atoms with Crippen molar-refractivity contribution < 1.29 is 9.90 Å². The quantitative estimate of drug-likeness (QED) is 0.675. The van der Waals surface area contributed by atoms with Gasteiger partial charge in [-0.05, 0) is 30.9 Å². The topological polar surface area (TPSA) is 112 Å². The Morgan fingerprint density at radius 1 is 1.67 bits per heavy atom. The average Bonchev–Trinajstić information content (AvgIpc) is 2.81. The van der Waals surface area contributed by atoms with Gasteiger partial charge in [0, 0.05) is 5.69 Å². The summed E-state index contributed by atoms with van der Waals surface area (Å²) in [6.45, 7) is -0.0458. The van der Waals surface area contributed by atoms with E-state index in [9.17, 15) is 9.90 Å². The van der Waals surface area contributed by atoms with Crippen molar-refractivity contribution in [1.29, 1.82) is 5.26 Å². The van der Waals surface area contributed by atoms with Gasteiger partial charge in [0.25, 0.3) is 0 Å². The van der Waals surface area contributed by atoms with Crippen molar-refractivity contribution in [1.82, 2.24) is 4.98 Å². The minimum atomic E-state index is -1.29. The highest BCUT2D eigenvalue weighted by atomic mass is 16.3. The highest BCUT2D eigenvalue weighted by Gasteiger charge is 2.17. The molecule has 94 valence electrons. The SMILES string of the molecule is N#Cc1cc2c(nc1NCC(O)C(N)=O)CCC2. The molecule has 0 fully saturated rings. The molecule has 1 aromatic heterocycles. The minimum Gasteiger partial charge on any atom is -0.381 e. The van der Waals surface area contributed by atoms with Gasteiger partial charge in [-0.15, -0.1) is 0 Å². The van der Waals surface area contributed by atoms with Crippen molar-refractivity contribution >= 4 is 11.7 Å². The number of carbonyl (C=O) groups is 1. The molecule has 0 spiro atoms. The first-order valence-electron chi connectivity index (χ1n) is 5.76. The third kappa shape index (κ3) is 2.41. The average molecular weight is 246 g/mol. The number of rotatable bonds is 4. The Bertz CT molecular complexity index is 522. The van der Waals surface area contributed by atoms with E-state index in [-0.39, 0.29) is 6.54 Å². The summed E-state index contributed by atoms with van der Waals surface area (Å²) in [6.07, 6.45) is 1.60. The lowest BCUT2D eigenvalue weighted by Gasteiger charge is -2.11. The summed E-state index contributed by atoms with van der Waals surface area (Å²) in [6, 6.07) is 3.87. The molecule has 0 saturated heterocycles. The molecule has 1 aliphatic rings. The van der Waals surface area contributed by atoms with Crippen molar-refractivity contribution in [3.63, 3.8) is 0 Å². The lowest BCUT2D eigenvalue weighted by atomic mass is 10.1. The zero-order valence-corrected chi connectivity index (χ0v) is 9.81. The number of hydrogen-bond donors (Lipinski definition) is 3. The van der Waals surface area contributed by atoms with E-state index >= 15 is 0 Å². The Hall–Kier alpha value is -2.13. The number of aliphatic hydroxyl groups excluding tert-OH is 1. The second-order valence-corrected chi connectivity index (χ2v) is 4.25. The molecule has 2 rings (SSSR count). The lowest BCUT2D eigenvalue weighted by molar-refractivity contribution is -0.125. The van der Waals surface area contributed by atoms with E-state index in [1.54, 1.807) is 0 Å². The van der Waals surface area contributed by atoms with Crippen molar-refractivity contribution in [2.24, 2.45) is 5.73 Å². The van der Waals surface area contributed by atoms with Crippen molar-refractivity contribution in [3.05, 3.63) is 22.9 Å². The molecule has 6 heteroatoms. The van der Waals surface area contributed by atoms with Crippen LogP contribution in [0.5, 0.6) is 0 Å². The van der Waals surface area contributed by atoms with Gasteiger partial charge >= 0.3 is 0 Å². The maximum absolute atomic E-state index is 10.7. The number of anilines is 1. The van der Waals surface area contributed by atoms with Crippen LogP contribution in [0.3, 0.4) is 0 Å². The second kappa shape index (κ2) is 5.02. The number of hydrogen-bond acceptors (Lipinski definition) is 5. The summed E-state index contributed by atoms with van der Waals surface area (Å²) in [7, 11) is 0. The van der Waals surface area contributed by atoms with Gasteiger partial charge in [0.1, 0.15) is 18.0 Å². The van der Waals surface area contributed by atoms with Gasteiger partial charge in [0.2, 0.25) is 5.91 Å². The molecule has 1 aromatic rings. The van der Waals surface area contributed by atoms with Crippen molar-refractivity contribution in [3.8, 4) is 6.07 Å². The molecule has 6 nitrogen and oxygen atoms in total. The summed E-state index contributed by atoms with van der Waals surface area (Å²) in [4.78, 5) is 15.1. The highest BCUT2D eigenvalue weighted by molar-refractivity contribution is 5.79. The maximum atomic E-state index is 10.7. The molecule has 4 N–H and O–H groups in total. The van der Waals surface area contributed by atoms with Crippen LogP contribution in [0, 0.1) is 11.3 Å². The predicted octanol–water partition coefficient (Wildman–Crippen LogP) is -0.300. The summed E-state index contributed by atoms with van der Waals surface area (Å²) in [5.41, 5.74) is 7.45. The number of primary amides is 1. The minimum absolute atomic E-state index is 0.0458. The van der Waals surface area contributed by atoms with Gasteiger partial charge in [-0.2, -0.15) is 5.26 Å². The van der Waals surface area contributed by atoms with Gasteiger partial charge in [-0.1, -0.05) is 0 Å². The van der Waals surface area contributed by atoms with Crippen LogP contribution in [0.4, 0.5) is 5.82 Å². The third-order valence-electron chi connectivity index (χ3n) is 2.96. The highest BCUT2D eigenvalue weighted by Crippen LogP contribution is 2.24. The molecule has 18 heavy (non-hydrogen) atoms. The number of aromatic nitrogens is 1. The number of aryl methyl sites for hydroxylation is 2. The zero-order valence-electron chi connectivity index (χ0n) is 9.81. The molecule has 0 saturated carbocycles. The molecule has 1 heterocycles. The third-order valence-corrected chi connectivity index (χ3v) is 2.96. The predicted molar refractivity (Wildman–Crippen MR) is 64.7 cm³/mol. The Labute approximate surface area is 104 Å². The van der Waals surface area contributed by atoms with E-state index in [2.05, 4.69) is 16.4 Å². The molecule has 0 aliphatic heterocycles. The molecule has 1 atom stereocenters. The van der Waals surface area contributed by atoms with Gasteiger partial charge in [0.15, 0.2) is 0 Å². The second-order valence-electron chi connectivity index (χ2n) is 4.25. The summed E-state index contributed by atoms with van der Waals surface area (Å²) >= 11 is 0. The Morgan fingerprint density at radius 2 is 2.44 bits per heavy atom. The number of fused-ring (bicyclic) bond motifs is 1. The standard InChI is InChI=1S/C12H14N4O2/c13-5-8-4-7-2-1-3-9(7)16-12(8)15-6-10(17)11(14)18/h4,10,17H,1-3,6H2,(H2,14,18)(H,15,16). The number of nitrogens with two attached hydrogens (primary N) is 1. The van der Waals surface area contributed by atoms with Gasteiger partial charge < -0.3 is 16.2 Å². The van der Waals surface area contributed by atoms with E-state index < -0.39 is 12.0 Å². The number of amides is 1. The van der Waals surface area contributed by atoms with E-state index in [0.29, 0.717) is 11.4 Å². The van der Waals surface area contributed by atoms with Gasteiger partial charge in [0.05, 0.1) is 12.1 Å². The number of nitrogens with zero attached hydrogens (tertiary/aromatic N) is 2. The molecule has 0 aromatic carbocycles. The fraction of sp³-hybridized carbons (Fsp3) is 0.417. The van der Waals surface area contributed by atoms with E-state index in [1.807, 2.05) is 6.07 Å². The fourth-order valence-electron chi connectivity index (χ4n) is 1.99. The van der Waals surface area contributed by atoms with E-state index in [4.69, 9.17) is 11.0 Å². The first kappa shape index (κ1) is 12.3. The number of pyridine rings is 1. The van der Waals surface area contributed by atoms with Gasteiger partial charge in [-0.25, -0.2) is 4.98 Å². The Morgan fingerprint density at radius 3 is 3.11 bits per heavy atom. The maximum Gasteiger partial charge on any atom is 0.248 e. The number of aliphatic hydroxyl groups is 1. The first-order valence-corrected chi connectivity index (χ1v) is 5.76. The van der Waals surface area contributed by atoms with Crippen LogP contribution < -0.4 is 11.1 Å². The largest absolute Gasteiger partial charge is 0.381 e. The van der Waals surface area contributed by atoms with E-state index in [1.165, 1.54) is 0 Å². The van der Waals surface area contributed by atoms with Crippen LogP contribution in [0.15, 0.2) is 6.07 Å². The summed E-state index contributed by atoms with van der Waals surface area (Å²) in [5, 5.41) is 21.1. The van der Waals surface area contributed by atoms with E-state index in [0.717, 1.165) is 30.5 Å². The Kier molecular flexibility index (Phi) is 3.44. The molecule has 0 bridgehead atoms. The van der Waals surface area contributed by atoms with Crippen molar-refractivity contribution in [2.45, 2.75) is 25.4 Å². The van der Waals surface area contributed by atoms with Crippen LogP contribution >= 0.6 is 0 Å².